The van der Waals surface area contributed by atoms with Crippen LogP contribution in [0.1, 0.15) is 34.3 Å². The van der Waals surface area contributed by atoms with Crippen LogP contribution in [0.3, 0.4) is 0 Å². The highest BCUT2D eigenvalue weighted by atomic mass is 19.2. The number of amides is 1. The monoisotopic (exact) mass is 354 g/mol. The molecule has 1 aliphatic rings. The molecule has 3 N–H and O–H groups in total. The van der Waals surface area contributed by atoms with Crippen LogP contribution < -0.4 is 11.1 Å². The molecule has 0 bridgehead atoms. The second kappa shape index (κ2) is 10.4. The van der Waals surface area contributed by atoms with Gasteiger partial charge in [-0.1, -0.05) is 12.1 Å². The summed E-state index contributed by atoms with van der Waals surface area (Å²) < 4.78 is 35.4. The fourth-order valence-electron chi connectivity index (χ4n) is 1.97. The first-order valence-corrected chi connectivity index (χ1v) is 7.73. The second-order valence-corrected chi connectivity index (χ2v) is 5.35. The van der Waals surface area contributed by atoms with E-state index in [0.29, 0.717) is 11.8 Å². The van der Waals surface area contributed by atoms with Gasteiger partial charge in [-0.3, -0.25) is 4.79 Å². The summed E-state index contributed by atoms with van der Waals surface area (Å²) in [6.07, 6.45) is 1.94. The van der Waals surface area contributed by atoms with E-state index in [2.05, 4.69) is 15.3 Å². The van der Waals surface area contributed by atoms with E-state index in [1.807, 2.05) is 26.0 Å². The average Bonchev–Trinajstić information content (AvgIpc) is 3.14. The number of primary amides is 1. The number of aryl methyl sites for hydroxylation is 1. The second-order valence-electron chi connectivity index (χ2n) is 5.35. The van der Waals surface area contributed by atoms with Crippen molar-refractivity contribution in [3.63, 3.8) is 0 Å². The van der Waals surface area contributed by atoms with Crippen molar-refractivity contribution in [1.29, 1.82) is 0 Å². The van der Waals surface area contributed by atoms with Gasteiger partial charge in [0.2, 0.25) is 5.91 Å². The van der Waals surface area contributed by atoms with Crippen molar-refractivity contribution in [1.82, 2.24) is 15.3 Å². The van der Waals surface area contributed by atoms with Gasteiger partial charge in [-0.05, 0) is 57.0 Å². The molecule has 0 spiro atoms. The molecule has 0 unspecified atom stereocenters. The normalized spacial score (nSPS) is 12.5. The number of nitrogens with two attached hydrogens (primary N) is 1. The summed E-state index contributed by atoms with van der Waals surface area (Å²) in [5.74, 6) is -3.08. The molecule has 8 heteroatoms. The Morgan fingerprint density at radius 3 is 2.20 bits per heavy atom. The number of nitrogens with one attached hydrogen (secondary N) is 1. The van der Waals surface area contributed by atoms with Gasteiger partial charge in [0.1, 0.15) is 0 Å². The third-order valence-corrected chi connectivity index (χ3v) is 3.50. The molecule has 25 heavy (non-hydrogen) atoms. The molecule has 1 aromatic carbocycles. The Balaban J connectivity index is 0.000000200. The van der Waals surface area contributed by atoms with E-state index in [1.54, 1.807) is 6.07 Å². The van der Waals surface area contributed by atoms with E-state index in [9.17, 15) is 18.0 Å². The van der Waals surface area contributed by atoms with Crippen molar-refractivity contribution in [2.45, 2.75) is 26.7 Å². The number of nitrogens with zero attached hydrogens (tertiary/aromatic N) is 2. The number of hydrogen-bond donors (Lipinski definition) is 2. The van der Waals surface area contributed by atoms with Crippen LogP contribution in [-0.2, 0) is 0 Å². The number of carbonyl (C=O) groups excluding carboxylic acids is 1. The molecule has 1 aliphatic heterocycles. The first-order valence-electron chi connectivity index (χ1n) is 7.73. The molecule has 3 rings (SSSR count). The standard InChI is InChI=1S/C9H11NO.C4HF3N2.C4H9N/c1-6-4-3-5-8(7(6)2)9(10)11;5-2-1-8-4(7)9-3(2)6;1-2-4-5-3-1/h3-5H,1-2H3,(H2,10,11);1H;5H,1-4H2. The van der Waals surface area contributed by atoms with Gasteiger partial charge in [0, 0.05) is 5.56 Å². The van der Waals surface area contributed by atoms with Crippen molar-refractivity contribution in [3.05, 3.63) is 58.9 Å². The third-order valence-electron chi connectivity index (χ3n) is 3.50. The summed E-state index contributed by atoms with van der Waals surface area (Å²) in [6.45, 7) is 6.36. The van der Waals surface area contributed by atoms with Crippen LogP contribution in [0.5, 0.6) is 0 Å². The molecular formula is C17H21F3N4O. The summed E-state index contributed by atoms with van der Waals surface area (Å²) in [5, 5.41) is 3.22. The van der Waals surface area contributed by atoms with Gasteiger partial charge < -0.3 is 11.1 Å². The highest BCUT2D eigenvalue weighted by Gasteiger charge is 2.04. The number of halogens is 3. The van der Waals surface area contributed by atoms with Gasteiger partial charge in [0.25, 0.3) is 5.95 Å². The van der Waals surface area contributed by atoms with E-state index in [1.165, 1.54) is 25.9 Å². The number of hydrogen-bond acceptors (Lipinski definition) is 4. The first kappa shape index (κ1) is 20.6. The smallest absolute Gasteiger partial charge is 0.311 e. The maximum Gasteiger partial charge on any atom is 0.311 e. The zero-order valence-electron chi connectivity index (χ0n) is 14.2. The van der Waals surface area contributed by atoms with E-state index in [-0.39, 0.29) is 5.91 Å². The summed E-state index contributed by atoms with van der Waals surface area (Å²) in [4.78, 5) is 16.0. The lowest BCUT2D eigenvalue weighted by Gasteiger charge is -2.03. The fraction of sp³-hybridized carbons (Fsp3) is 0.353. The molecule has 1 saturated heterocycles. The zero-order valence-corrected chi connectivity index (χ0v) is 14.2. The maximum atomic E-state index is 11.8. The molecule has 0 atom stereocenters. The van der Waals surface area contributed by atoms with E-state index < -0.39 is 17.8 Å². The highest BCUT2D eigenvalue weighted by Crippen LogP contribution is 2.11. The zero-order chi connectivity index (χ0) is 18.8. The van der Waals surface area contributed by atoms with Crippen LogP contribution in [0.2, 0.25) is 0 Å². The quantitative estimate of drug-likeness (QED) is 0.609. The molecule has 1 aromatic heterocycles. The van der Waals surface area contributed by atoms with Gasteiger partial charge in [-0.2, -0.15) is 13.8 Å². The van der Waals surface area contributed by atoms with Crippen LogP contribution >= 0.6 is 0 Å². The van der Waals surface area contributed by atoms with Crippen molar-refractivity contribution in [2.75, 3.05) is 13.1 Å². The van der Waals surface area contributed by atoms with Gasteiger partial charge in [-0.15, -0.1) is 0 Å². The lowest BCUT2D eigenvalue weighted by molar-refractivity contribution is 0.0999. The molecule has 5 nitrogen and oxygen atoms in total. The number of rotatable bonds is 1. The van der Waals surface area contributed by atoms with Gasteiger partial charge >= 0.3 is 6.08 Å². The number of aromatic nitrogens is 2. The van der Waals surface area contributed by atoms with Crippen molar-refractivity contribution in [3.8, 4) is 0 Å². The minimum absolute atomic E-state index is 0.355. The lowest BCUT2D eigenvalue weighted by atomic mass is 10.0. The Bertz CT molecular complexity index is 699. The molecular weight excluding hydrogens is 333 g/mol. The fourth-order valence-corrected chi connectivity index (χ4v) is 1.97. The molecule has 0 saturated carbocycles. The molecule has 2 heterocycles. The molecule has 0 aliphatic carbocycles. The Labute approximate surface area is 144 Å². The number of benzene rings is 1. The molecule has 2 aromatic rings. The minimum Gasteiger partial charge on any atom is -0.366 e. The van der Waals surface area contributed by atoms with E-state index in [4.69, 9.17) is 5.73 Å². The molecule has 0 radical (unpaired) electrons. The van der Waals surface area contributed by atoms with Crippen LogP contribution in [0.25, 0.3) is 0 Å². The largest absolute Gasteiger partial charge is 0.366 e. The SMILES string of the molecule is C1CCNC1.Cc1cccc(C(N)=O)c1C.Fc1ncc(F)c(F)n1. The lowest BCUT2D eigenvalue weighted by Crippen LogP contribution is -2.12. The average molecular weight is 354 g/mol. The summed E-state index contributed by atoms with van der Waals surface area (Å²) >= 11 is 0. The number of carbonyl (C=O) groups is 1. The Morgan fingerprint density at radius 2 is 1.80 bits per heavy atom. The maximum absolute atomic E-state index is 11.8. The van der Waals surface area contributed by atoms with E-state index >= 15 is 0 Å². The van der Waals surface area contributed by atoms with Gasteiger partial charge in [-0.25, -0.2) is 9.37 Å². The van der Waals surface area contributed by atoms with E-state index in [0.717, 1.165) is 11.1 Å². The van der Waals surface area contributed by atoms with Crippen molar-refractivity contribution in [2.24, 2.45) is 5.73 Å². The summed E-state index contributed by atoms with van der Waals surface area (Å²) in [7, 11) is 0. The van der Waals surface area contributed by atoms with Crippen molar-refractivity contribution < 1.29 is 18.0 Å². The van der Waals surface area contributed by atoms with Crippen LogP contribution in [-0.4, -0.2) is 29.0 Å². The van der Waals surface area contributed by atoms with Crippen LogP contribution in [0.15, 0.2) is 24.4 Å². The minimum atomic E-state index is -1.47. The summed E-state index contributed by atoms with van der Waals surface area (Å²) in [6, 6.07) is 5.54. The Kier molecular flexibility index (Phi) is 8.55. The predicted molar refractivity (Wildman–Crippen MR) is 88.4 cm³/mol. The third kappa shape index (κ3) is 7.30. The Morgan fingerprint density at radius 1 is 1.16 bits per heavy atom. The highest BCUT2D eigenvalue weighted by molar-refractivity contribution is 5.94. The summed E-state index contributed by atoms with van der Waals surface area (Å²) in [5.41, 5.74) is 7.83. The van der Waals surface area contributed by atoms with Gasteiger partial charge in [0.15, 0.2) is 5.82 Å². The first-order chi connectivity index (χ1) is 11.8. The molecule has 136 valence electrons. The van der Waals surface area contributed by atoms with Crippen LogP contribution in [0.4, 0.5) is 13.2 Å². The topological polar surface area (TPSA) is 80.9 Å². The Hall–Kier alpha value is -2.48. The van der Waals surface area contributed by atoms with Gasteiger partial charge in [0.05, 0.1) is 6.20 Å². The molecule has 1 fully saturated rings. The molecule has 1 amide bonds. The predicted octanol–water partition coefficient (Wildman–Crippen LogP) is 2.67. The van der Waals surface area contributed by atoms with Crippen molar-refractivity contribution >= 4 is 5.91 Å². The van der Waals surface area contributed by atoms with Crippen LogP contribution in [0, 0.1) is 31.7 Å².